The number of aromatic nitrogens is 2. The fourth-order valence-electron chi connectivity index (χ4n) is 2.30. The molecule has 1 aromatic heterocycles. The minimum absolute atomic E-state index is 0.00712. The van der Waals surface area contributed by atoms with Crippen LogP contribution in [0.4, 0.5) is 5.69 Å². The Morgan fingerprint density at radius 2 is 1.95 bits per heavy atom. The molecule has 3 N–H and O–H groups in total. The molecule has 3 aromatic rings. The van der Waals surface area contributed by atoms with Gasteiger partial charge >= 0.3 is 0 Å². The highest BCUT2D eigenvalue weighted by molar-refractivity contribution is 6.33. The number of rotatable bonds is 5. The van der Waals surface area contributed by atoms with Crippen LogP contribution < -0.4 is 5.32 Å². The SMILES string of the molecule is OCc1ccc(Cl)c(NCc2cn[nH]c2-c2ccccc2)c1. The van der Waals surface area contributed by atoms with Crippen LogP contribution in [0.5, 0.6) is 0 Å². The molecule has 4 nitrogen and oxygen atoms in total. The van der Waals surface area contributed by atoms with E-state index in [0.717, 1.165) is 28.1 Å². The molecule has 112 valence electrons. The number of aliphatic hydroxyl groups excluding tert-OH is 1. The van der Waals surface area contributed by atoms with Crippen molar-refractivity contribution in [1.29, 1.82) is 0 Å². The standard InChI is InChI=1S/C17H16ClN3O/c18-15-7-6-12(11-22)8-16(15)19-9-14-10-20-21-17(14)13-4-2-1-3-5-13/h1-8,10,19,22H,9,11H2,(H,20,21). The summed E-state index contributed by atoms with van der Waals surface area (Å²) >= 11 is 6.18. The number of halogens is 1. The normalized spacial score (nSPS) is 10.6. The summed E-state index contributed by atoms with van der Waals surface area (Å²) in [6.45, 7) is 0.585. The van der Waals surface area contributed by atoms with Crippen LogP contribution in [0.2, 0.25) is 5.02 Å². The lowest BCUT2D eigenvalue weighted by atomic mass is 10.1. The number of hydrogen-bond acceptors (Lipinski definition) is 3. The van der Waals surface area contributed by atoms with Crippen molar-refractivity contribution in [2.75, 3.05) is 5.32 Å². The molecule has 22 heavy (non-hydrogen) atoms. The molecule has 0 fully saturated rings. The van der Waals surface area contributed by atoms with Gasteiger partial charge in [-0.05, 0) is 23.3 Å². The first-order chi connectivity index (χ1) is 10.8. The molecular formula is C17H16ClN3O. The lowest BCUT2D eigenvalue weighted by molar-refractivity contribution is 0.282. The number of hydrogen-bond donors (Lipinski definition) is 3. The van der Waals surface area contributed by atoms with Gasteiger partial charge < -0.3 is 10.4 Å². The van der Waals surface area contributed by atoms with Crippen molar-refractivity contribution >= 4 is 17.3 Å². The molecule has 0 unspecified atom stereocenters. The Labute approximate surface area is 133 Å². The zero-order valence-electron chi connectivity index (χ0n) is 11.9. The van der Waals surface area contributed by atoms with E-state index < -0.39 is 0 Å². The van der Waals surface area contributed by atoms with Crippen LogP contribution in [0.1, 0.15) is 11.1 Å². The molecule has 0 amide bonds. The molecule has 0 radical (unpaired) electrons. The number of benzene rings is 2. The monoisotopic (exact) mass is 313 g/mol. The summed E-state index contributed by atoms with van der Waals surface area (Å²) in [5, 5.41) is 20.3. The molecule has 0 saturated heterocycles. The van der Waals surface area contributed by atoms with Gasteiger partial charge in [0.05, 0.1) is 29.2 Å². The fourth-order valence-corrected chi connectivity index (χ4v) is 2.48. The zero-order valence-corrected chi connectivity index (χ0v) is 12.6. The van der Waals surface area contributed by atoms with Gasteiger partial charge in [-0.3, -0.25) is 5.10 Å². The lowest BCUT2D eigenvalue weighted by Crippen LogP contribution is -2.01. The number of nitrogens with zero attached hydrogens (tertiary/aromatic N) is 1. The van der Waals surface area contributed by atoms with Gasteiger partial charge in [0, 0.05) is 12.1 Å². The van der Waals surface area contributed by atoms with Gasteiger partial charge in [0.2, 0.25) is 0 Å². The van der Waals surface area contributed by atoms with Crippen molar-refractivity contribution in [3.8, 4) is 11.3 Å². The van der Waals surface area contributed by atoms with Gasteiger partial charge in [0.1, 0.15) is 0 Å². The van der Waals surface area contributed by atoms with E-state index in [1.165, 1.54) is 0 Å². The average molecular weight is 314 g/mol. The quantitative estimate of drug-likeness (QED) is 0.671. The predicted octanol–water partition coefficient (Wildman–Crippen LogP) is 3.83. The minimum atomic E-state index is -0.00712. The second-order valence-corrected chi connectivity index (χ2v) is 5.37. The molecule has 1 heterocycles. The number of anilines is 1. The first kappa shape index (κ1) is 14.6. The van der Waals surface area contributed by atoms with Gasteiger partial charge in [-0.2, -0.15) is 5.10 Å². The van der Waals surface area contributed by atoms with Crippen LogP contribution in [0, 0.1) is 0 Å². The fraction of sp³-hybridized carbons (Fsp3) is 0.118. The van der Waals surface area contributed by atoms with E-state index in [2.05, 4.69) is 15.5 Å². The van der Waals surface area contributed by atoms with Crippen molar-refractivity contribution in [2.24, 2.45) is 0 Å². The second kappa shape index (κ2) is 6.64. The highest BCUT2D eigenvalue weighted by atomic mass is 35.5. The first-order valence-corrected chi connectivity index (χ1v) is 7.36. The summed E-state index contributed by atoms with van der Waals surface area (Å²) < 4.78 is 0. The third-order valence-corrected chi connectivity index (χ3v) is 3.79. The molecule has 0 aliphatic rings. The molecule has 0 aliphatic heterocycles. The van der Waals surface area contributed by atoms with E-state index in [4.69, 9.17) is 11.6 Å². The summed E-state index contributed by atoms with van der Waals surface area (Å²) in [6, 6.07) is 15.5. The Morgan fingerprint density at radius 1 is 1.14 bits per heavy atom. The van der Waals surface area contributed by atoms with E-state index in [0.29, 0.717) is 11.6 Å². The Balaban J connectivity index is 1.80. The molecule has 0 saturated carbocycles. The summed E-state index contributed by atoms with van der Waals surface area (Å²) in [5.41, 5.74) is 4.75. The van der Waals surface area contributed by atoms with Crippen molar-refractivity contribution in [3.63, 3.8) is 0 Å². The number of nitrogens with one attached hydrogen (secondary N) is 2. The third-order valence-electron chi connectivity index (χ3n) is 3.46. The van der Waals surface area contributed by atoms with E-state index in [-0.39, 0.29) is 6.61 Å². The lowest BCUT2D eigenvalue weighted by Gasteiger charge is -2.10. The number of aliphatic hydroxyl groups is 1. The topological polar surface area (TPSA) is 60.9 Å². The summed E-state index contributed by atoms with van der Waals surface area (Å²) in [4.78, 5) is 0. The zero-order chi connectivity index (χ0) is 15.4. The average Bonchev–Trinajstić information content (AvgIpc) is 3.03. The maximum atomic E-state index is 9.21. The first-order valence-electron chi connectivity index (χ1n) is 6.99. The van der Waals surface area contributed by atoms with E-state index in [1.807, 2.05) is 36.4 Å². The van der Waals surface area contributed by atoms with Crippen LogP contribution in [0.3, 0.4) is 0 Å². The molecule has 0 atom stereocenters. The highest BCUT2D eigenvalue weighted by Gasteiger charge is 2.08. The Morgan fingerprint density at radius 3 is 2.73 bits per heavy atom. The van der Waals surface area contributed by atoms with E-state index in [9.17, 15) is 5.11 Å². The molecule has 0 spiro atoms. The van der Waals surface area contributed by atoms with Gasteiger partial charge in [0.15, 0.2) is 0 Å². The molecular weight excluding hydrogens is 298 g/mol. The van der Waals surface area contributed by atoms with Gasteiger partial charge in [0.25, 0.3) is 0 Å². The van der Waals surface area contributed by atoms with E-state index in [1.54, 1.807) is 18.3 Å². The van der Waals surface area contributed by atoms with Crippen LogP contribution in [0.15, 0.2) is 54.7 Å². The van der Waals surface area contributed by atoms with Gasteiger partial charge in [-0.1, -0.05) is 48.0 Å². The van der Waals surface area contributed by atoms with Gasteiger partial charge in [-0.25, -0.2) is 0 Å². The summed E-state index contributed by atoms with van der Waals surface area (Å²) in [6.07, 6.45) is 1.80. The van der Waals surface area contributed by atoms with E-state index >= 15 is 0 Å². The minimum Gasteiger partial charge on any atom is -0.392 e. The molecule has 3 rings (SSSR count). The Bertz CT molecular complexity index is 756. The number of aromatic amines is 1. The van der Waals surface area contributed by atoms with Crippen molar-refractivity contribution < 1.29 is 5.11 Å². The third kappa shape index (κ3) is 3.13. The molecule has 0 aliphatic carbocycles. The highest BCUT2D eigenvalue weighted by Crippen LogP contribution is 2.26. The summed E-state index contributed by atoms with van der Waals surface area (Å²) in [5.74, 6) is 0. The van der Waals surface area contributed by atoms with Crippen molar-refractivity contribution in [1.82, 2.24) is 10.2 Å². The maximum absolute atomic E-state index is 9.21. The second-order valence-electron chi connectivity index (χ2n) is 4.96. The smallest absolute Gasteiger partial charge is 0.0700 e. The van der Waals surface area contributed by atoms with Crippen LogP contribution in [-0.2, 0) is 13.2 Å². The summed E-state index contributed by atoms with van der Waals surface area (Å²) in [7, 11) is 0. The number of H-pyrrole nitrogens is 1. The molecule has 5 heteroatoms. The molecule has 0 bridgehead atoms. The Hall–Kier alpha value is -2.30. The maximum Gasteiger partial charge on any atom is 0.0700 e. The van der Waals surface area contributed by atoms with Crippen molar-refractivity contribution in [2.45, 2.75) is 13.2 Å². The molecule has 2 aromatic carbocycles. The Kier molecular flexibility index (Phi) is 4.42. The predicted molar refractivity (Wildman–Crippen MR) is 88.7 cm³/mol. The van der Waals surface area contributed by atoms with Crippen LogP contribution in [0.25, 0.3) is 11.3 Å². The van der Waals surface area contributed by atoms with Crippen LogP contribution >= 0.6 is 11.6 Å². The van der Waals surface area contributed by atoms with Crippen LogP contribution in [-0.4, -0.2) is 15.3 Å². The van der Waals surface area contributed by atoms with Gasteiger partial charge in [-0.15, -0.1) is 0 Å². The van der Waals surface area contributed by atoms with Crippen molar-refractivity contribution in [3.05, 3.63) is 70.9 Å². The largest absolute Gasteiger partial charge is 0.392 e.